The molecular formula is C22H21BrN2O4. The molecule has 0 aliphatic carbocycles. The van der Waals surface area contributed by atoms with Crippen LogP contribution >= 0.6 is 15.9 Å². The Morgan fingerprint density at radius 1 is 1.03 bits per heavy atom. The summed E-state index contributed by atoms with van der Waals surface area (Å²) in [6.07, 6.45) is 0. The van der Waals surface area contributed by atoms with E-state index >= 15 is 0 Å². The fourth-order valence-electron chi connectivity index (χ4n) is 2.80. The van der Waals surface area contributed by atoms with Crippen molar-refractivity contribution in [1.82, 2.24) is 5.43 Å². The molecular weight excluding hydrogens is 436 g/mol. The summed E-state index contributed by atoms with van der Waals surface area (Å²) in [4.78, 5) is 12.2. The summed E-state index contributed by atoms with van der Waals surface area (Å²) in [5.41, 5.74) is 3.87. The molecule has 3 aromatic carbocycles. The van der Waals surface area contributed by atoms with Gasteiger partial charge in [-0.2, -0.15) is 5.10 Å². The molecule has 150 valence electrons. The van der Waals surface area contributed by atoms with Crippen LogP contribution < -0.4 is 19.6 Å². The first kappa shape index (κ1) is 20.7. The molecule has 0 radical (unpaired) electrons. The van der Waals surface area contributed by atoms with Crippen LogP contribution in [-0.4, -0.2) is 32.4 Å². The van der Waals surface area contributed by atoms with Crippen molar-refractivity contribution in [3.8, 4) is 17.2 Å². The lowest BCUT2D eigenvalue weighted by molar-refractivity contribution is -0.123. The van der Waals surface area contributed by atoms with Gasteiger partial charge in [0.1, 0.15) is 17.2 Å². The predicted molar refractivity (Wildman–Crippen MR) is 117 cm³/mol. The lowest BCUT2D eigenvalue weighted by Crippen LogP contribution is -2.25. The number of nitrogens with one attached hydrogen (secondary N) is 1. The molecule has 0 saturated carbocycles. The highest BCUT2D eigenvalue weighted by Gasteiger charge is 2.10. The lowest BCUT2D eigenvalue weighted by atomic mass is 10.1. The minimum atomic E-state index is -0.364. The Balaban J connectivity index is 1.65. The summed E-state index contributed by atoms with van der Waals surface area (Å²) in [7, 11) is 3.16. The first-order valence-electron chi connectivity index (χ1n) is 8.89. The van der Waals surface area contributed by atoms with Gasteiger partial charge in [-0.25, -0.2) is 5.43 Å². The number of ether oxygens (including phenoxy) is 3. The van der Waals surface area contributed by atoms with Crippen molar-refractivity contribution in [2.45, 2.75) is 6.92 Å². The molecule has 0 heterocycles. The molecule has 0 atom stereocenters. The van der Waals surface area contributed by atoms with Crippen molar-refractivity contribution in [2.75, 3.05) is 20.8 Å². The maximum Gasteiger partial charge on any atom is 0.277 e. The van der Waals surface area contributed by atoms with Crippen LogP contribution in [0, 0.1) is 0 Å². The first-order chi connectivity index (χ1) is 14.0. The molecule has 0 saturated heterocycles. The second-order valence-electron chi connectivity index (χ2n) is 6.19. The maximum atomic E-state index is 12.2. The monoisotopic (exact) mass is 456 g/mol. The number of hydrogen-bond donors (Lipinski definition) is 1. The van der Waals surface area contributed by atoms with E-state index in [2.05, 4.69) is 26.5 Å². The van der Waals surface area contributed by atoms with Crippen LogP contribution in [0.3, 0.4) is 0 Å². The molecule has 0 aliphatic rings. The number of halogens is 1. The van der Waals surface area contributed by atoms with E-state index in [9.17, 15) is 4.79 Å². The van der Waals surface area contributed by atoms with E-state index in [1.807, 2.05) is 42.5 Å². The van der Waals surface area contributed by atoms with Gasteiger partial charge >= 0.3 is 0 Å². The normalized spacial score (nSPS) is 11.2. The number of methoxy groups -OCH3 is 2. The summed E-state index contributed by atoms with van der Waals surface area (Å²) >= 11 is 3.54. The van der Waals surface area contributed by atoms with Gasteiger partial charge < -0.3 is 14.2 Å². The van der Waals surface area contributed by atoms with Crippen molar-refractivity contribution >= 4 is 38.3 Å². The van der Waals surface area contributed by atoms with E-state index in [4.69, 9.17) is 14.2 Å². The average Bonchev–Trinajstić information content (AvgIpc) is 2.76. The highest BCUT2D eigenvalue weighted by Crippen LogP contribution is 2.33. The molecule has 0 unspecified atom stereocenters. The third-order valence-corrected chi connectivity index (χ3v) is 5.15. The van der Waals surface area contributed by atoms with E-state index < -0.39 is 0 Å². The molecule has 29 heavy (non-hydrogen) atoms. The molecule has 1 N–H and O–H groups in total. The lowest BCUT2D eigenvalue weighted by Gasteiger charge is -2.11. The Kier molecular flexibility index (Phi) is 6.72. The number of benzene rings is 3. The number of amides is 1. The molecule has 1 amide bonds. The van der Waals surface area contributed by atoms with Crippen LogP contribution in [0.25, 0.3) is 10.8 Å². The highest BCUT2D eigenvalue weighted by atomic mass is 79.9. The highest BCUT2D eigenvalue weighted by molar-refractivity contribution is 9.10. The number of carbonyl (C=O) groups is 1. The second kappa shape index (κ2) is 9.43. The van der Waals surface area contributed by atoms with Crippen molar-refractivity contribution in [3.63, 3.8) is 0 Å². The van der Waals surface area contributed by atoms with Crippen LogP contribution in [0.1, 0.15) is 12.5 Å². The minimum Gasteiger partial charge on any atom is -0.497 e. The summed E-state index contributed by atoms with van der Waals surface area (Å²) in [5, 5.41) is 6.25. The summed E-state index contributed by atoms with van der Waals surface area (Å²) in [5.74, 6) is 1.52. The SMILES string of the molecule is COc1ccc(C(C)=NNC(=O)COc2ccc3ccccc3c2Br)c(OC)c1. The summed E-state index contributed by atoms with van der Waals surface area (Å²) in [6, 6.07) is 17.1. The van der Waals surface area contributed by atoms with Gasteiger partial charge in [-0.05, 0) is 51.8 Å². The van der Waals surface area contributed by atoms with E-state index in [1.54, 1.807) is 33.3 Å². The van der Waals surface area contributed by atoms with E-state index in [-0.39, 0.29) is 12.5 Å². The number of rotatable bonds is 7. The third kappa shape index (κ3) is 4.86. The molecule has 6 nitrogen and oxygen atoms in total. The van der Waals surface area contributed by atoms with Gasteiger partial charge in [0.15, 0.2) is 6.61 Å². The van der Waals surface area contributed by atoms with Gasteiger partial charge in [0, 0.05) is 11.6 Å². The molecule has 0 spiro atoms. The second-order valence-corrected chi connectivity index (χ2v) is 6.98. The Labute approximate surface area is 177 Å². The van der Waals surface area contributed by atoms with Gasteiger partial charge in [-0.3, -0.25) is 4.79 Å². The topological polar surface area (TPSA) is 69.2 Å². The molecule has 0 bridgehead atoms. The Bertz CT molecular complexity index is 1070. The Morgan fingerprint density at radius 3 is 2.59 bits per heavy atom. The van der Waals surface area contributed by atoms with E-state index in [0.29, 0.717) is 23.0 Å². The van der Waals surface area contributed by atoms with Crippen molar-refractivity contribution in [3.05, 3.63) is 64.6 Å². The fraction of sp³-hybridized carbons (Fsp3) is 0.182. The number of nitrogens with zero attached hydrogens (tertiary/aromatic N) is 1. The van der Waals surface area contributed by atoms with Gasteiger partial charge in [0.25, 0.3) is 5.91 Å². The number of hydrogen-bond acceptors (Lipinski definition) is 5. The molecule has 0 aliphatic heterocycles. The Morgan fingerprint density at radius 2 is 1.83 bits per heavy atom. The van der Waals surface area contributed by atoms with Crippen LogP contribution in [0.15, 0.2) is 64.2 Å². The molecule has 3 aromatic rings. The standard InChI is InChI=1S/C22H21BrN2O4/c1-14(17-10-9-16(27-2)12-20(17)28-3)24-25-21(26)13-29-19-11-8-15-6-4-5-7-18(15)22(19)23/h4-12H,13H2,1-3H3,(H,25,26). The van der Waals surface area contributed by atoms with E-state index in [1.165, 1.54) is 0 Å². The minimum absolute atomic E-state index is 0.159. The largest absolute Gasteiger partial charge is 0.497 e. The quantitative estimate of drug-likeness (QED) is 0.418. The molecule has 3 rings (SSSR count). The average molecular weight is 457 g/mol. The molecule has 7 heteroatoms. The van der Waals surface area contributed by atoms with Gasteiger partial charge in [-0.15, -0.1) is 0 Å². The third-order valence-electron chi connectivity index (χ3n) is 4.33. The smallest absolute Gasteiger partial charge is 0.277 e. The Hall–Kier alpha value is -3.06. The predicted octanol–water partition coefficient (Wildman–Crippen LogP) is 4.54. The van der Waals surface area contributed by atoms with Gasteiger partial charge in [0.05, 0.1) is 24.4 Å². The van der Waals surface area contributed by atoms with Crippen molar-refractivity contribution < 1.29 is 19.0 Å². The van der Waals surface area contributed by atoms with Crippen LogP contribution in [0.5, 0.6) is 17.2 Å². The van der Waals surface area contributed by atoms with E-state index in [0.717, 1.165) is 20.8 Å². The van der Waals surface area contributed by atoms with Crippen LogP contribution in [-0.2, 0) is 4.79 Å². The summed E-state index contributed by atoms with van der Waals surface area (Å²) < 4.78 is 17.0. The fourth-order valence-corrected chi connectivity index (χ4v) is 3.41. The van der Waals surface area contributed by atoms with Gasteiger partial charge in [-0.1, -0.05) is 30.3 Å². The van der Waals surface area contributed by atoms with Gasteiger partial charge in [0.2, 0.25) is 0 Å². The number of carbonyl (C=O) groups excluding carboxylic acids is 1. The molecule has 0 aromatic heterocycles. The van der Waals surface area contributed by atoms with Crippen molar-refractivity contribution in [2.24, 2.45) is 5.10 Å². The van der Waals surface area contributed by atoms with Crippen LogP contribution in [0.4, 0.5) is 0 Å². The van der Waals surface area contributed by atoms with Crippen molar-refractivity contribution in [1.29, 1.82) is 0 Å². The number of hydrazone groups is 1. The van der Waals surface area contributed by atoms with Crippen LogP contribution in [0.2, 0.25) is 0 Å². The number of fused-ring (bicyclic) bond motifs is 1. The first-order valence-corrected chi connectivity index (χ1v) is 9.68. The zero-order valence-corrected chi connectivity index (χ0v) is 17.9. The zero-order chi connectivity index (χ0) is 20.8. The maximum absolute atomic E-state index is 12.2. The summed E-state index contributed by atoms with van der Waals surface area (Å²) in [6.45, 7) is 1.62. The molecule has 0 fully saturated rings. The zero-order valence-electron chi connectivity index (χ0n) is 16.4.